The first-order chi connectivity index (χ1) is 13.2. The van der Waals surface area contributed by atoms with Gasteiger partial charge in [0, 0.05) is 51.7 Å². The van der Waals surface area contributed by atoms with E-state index in [-0.39, 0.29) is 6.03 Å². The summed E-state index contributed by atoms with van der Waals surface area (Å²) in [5.41, 5.74) is 1.10. The molecule has 0 spiro atoms. The zero-order valence-corrected chi connectivity index (χ0v) is 16.2. The van der Waals surface area contributed by atoms with Crippen molar-refractivity contribution >= 4 is 11.7 Å². The number of aromatic nitrogens is 2. The van der Waals surface area contributed by atoms with E-state index in [1.807, 2.05) is 47.0 Å². The lowest BCUT2D eigenvalue weighted by Crippen LogP contribution is -2.52. The van der Waals surface area contributed by atoms with Crippen molar-refractivity contribution in [3.8, 4) is 5.75 Å². The van der Waals surface area contributed by atoms with Crippen molar-refractivity contribution in [2.75, 3.05) is 44.2 Å². The Morgan fingerprint density at radius 3 is 2.70 bits per heavy atom. The van der Waals surface area contributed by atoms with Crippen LogP contribution in [0.3, 0.4) is 0 Å². The summed E-state index contributed by atoms with van der Waals surface area (Å²) in [6.07, 6.45) is 3.71. The number of nitrogens with zero attached hydrogens (tertiary/aromatic N) is 4. The summed E-state index contributed by atoms with van der Waals surface area (Å²) >= 11 is 0. The Morgan fingerprint density at radius 2 is 2.00 bits per heavy atom. The maximum atomic E-state index is 12.5. The number of nitrogens with one attached hydrogen (secondary N) is 1. The minimum absolute atomic E-state index is 0.0139. The summed E-state index contributed by atoms with van der Waals surface area (Å²) in [5, 5.41) is 7.26. The van der Waals surface area contributed by atoms with Gasteiger partial charge in [-0.2, -0.15) is 5.10 Å². The van der Waals surface area contributed by atoms with Gasteiger partial charge in [-0.3, -0.25) is 4.68 Å². The lowest BCUT2D eigenvalue weighted by molar-refractivity contribution is 0.192. The van der Waals surface area contributed by atoms with E-state index in [0.29, 0.717) is 32.2 Å². The fourth-order valence-corrected chi connectivity index (χ4v) is 3.31. The molecule has 1 saturated heterocycles. The third-order valence-corrected chi connectivity index (χ3v) is 4.73. The molecule has 146 valence electrons. The average Bonchev–Trinajstić information content (AvgIpc) is 3.20. The first kappa shape index (κ1) is 19.1. The Morgan fingerprint density at radius 1 is 1.22 bits per heavy atom. The van der Waals surface area contributed by atoms with E-state index in [9.17, 15) is 4.79 Å². The second-order valence-corrected chi connectivity index (χ2v) is 6.89. The van der Waals surface area contributed by atoms with E-state index in [0.717, 1.165) is 31.1 Å². The van der Waals surface area contributed by atoms with Crippen LogP contribution in [0.5, 0.6) is 5.75 Å². The fraction of sp³-hybridized carbons (Fsp3) is 0.500. The van der Waals surface area contributed by atoms with E-state index in [4.69, 9.17) is 4.74 Å². The Balaban J connectivity index is 1.45. The molecule has 2 aromatic rings. The number of piperazine rings is 1. The molecule has 0 radical (unpaired) electrons. The Hall–Kier alpha value is -2.70. The topological polar surface area (TPSA) is 62.6 Å². The number of anilines is 1. The summed E-state index contributed by atoms with van der Waals surface area (Å²) in [4.78, 5) is 16.6. The first-order valence-corrected chi connectivity index (χ1v) is 9.64. The van der Waals surface area contributed by atoms with Gasteiger partial charge in [0.25, 0.3) is 0 Å². The van der Waals surface area contributed by atoms with Crippen LogP contribution in [0.15, 0.2) is 42.7 Å². The number of benzene rings is 1. The highest BCUT2D eigenvalue weighted by molar-refractivity contribution is 5.74. The monoisotopic (exact) mass is 371 g/mol. The molecule has 7 heteroatoms. The van der Waals surface area contributed by atoms with Crippen molar-refractivity contribution in [1.29, 1.82) is 0 Å². The maximum Gasteiger partial charge on any atom is 0.317 e. The SMILES string of the molecule is CCOc1ccccc1N1CCN(C(=O)NCC(C)Cn2cccn2)CC1. The molecule has 1 N–H and O–H groups in total. The lowest BCUT2D eigenvalue weighted by atomic mass is 10.2. The Kier molecular flexibility index (Phi) is 6.57. The molecule has 1 atom stereocenters. The minimum Gasteiger partial charge on any atom is -0.492 e. The molecular weight excluding hydrogens is 342 g/mol. The molecule has 1 aromatic carbocycles. The maximum absolute atomic E-state index is 12.5. The summed E-state index contributed by atoms with van der Waals surface area (Å²) in [5.74, 6) is 1.23. The van der Waals surface area contributed by atoms with Crippen molar-refractivity contribution in [1.82, 2.24) is 20.0 Å². The molecule has 2 amide bonds. The van der Waals surface area contributed by atoms with Crippen LogP contribution in [0.4, 0.5) is 10.5 Å². The number of carbonyl (C=O) groups is 1. The molecule has 0 bridgehead atoms. The number of carbonyl (C=O) groups excluding carboxylic acids is 1. The highest BCUT2D eigenvalue weighted by atomic mass is 16.5. The molecule has 1 fully saturated rings. The zero-order chi connectivity index (χ0) is 19.1. The molecule has 1 unspecified atom stereocenters. The van der Waals surface area contributed by atoms with Gasteiger partial charge in [0.05, 0.1) is 12.3 Å². The van der Waals surface area contributed by atoms with Gasteiger partial charge in [-0.05, 0) is 31.0 Å². The quantitative estimate of drug-likeness (QED) is 0.812. The van der Waals surface area contributed by atoms with Crippen molar-refractivity contribution in [2.24, 2.45) is 5.92 Å². The van der Waals surface area contributed by atoms with Crippen LogP contribution in [-0.2, 0) is 6.54 Å². The average molecular weight is 371 g/mol. The molecule has 1 aliphatic rings. The summed E-state index contributed by atoms with van der Waals surface area (Å²) in [6, 6.07) is 10.0. The van der Waals surface area contributed by atoms with Crippen molar-refractivity contribution in [3.05, 3.63) is 42.7 Å². The van der Waals surface area contributed by atoms with Crippen LogP contribution in [0.25, 0.3) is 0 Å². The van der Waals surface area contributed by atoms with Crippen LogP contribution < -0.4 is 15.0 Å². The standard InChI is InChI=1S/C20H29N5O2/c1-3-27-19-8-5-4-7-18(19)23-11-13-24(14-12-23)20(26)21-15-17(2)16-25-10-6-9-22-25/h4-10,17H,3,11-16H2,1-2H3,(H,21,26). The van der Waals surface area contributed by atoms with Crippen LogP contribution in [-0.4, -0.2) is 60.0 Å². The Labute approximate surface area is 160 Å². The number of amides is 2. The molecule has 2 heterocycles. The molecule has 0 saturated carbocycles. The summed E-state index contributed by atoms with van der Waals surface area (Å²) in [6.45, 7) is 9.23. The van der Waals surface area contributed by atoms with Gasteiger partial charge in [-0.15, -0.1) is 0 Å². The minimum atomic E-state index is 0.0139. The second-order valence-electron chi connectivity index (χ2n) is 6.89. The van der Waals surface area contributed by atoms with Crippen LogP contribution in [0.1, 0.15) is 13.8 Å². The second kappa shape index (κ2) is 9.30. The number of para-hydroxylation sites is 2. The smallest absolute Gasteiger partial charge is 0.317 e. The van der Waals surface area contributed by atoms with Gasteiger partial charge in [0.15, 0.2) is 0 Å². The third-order valence-electron chi connectivity index (χ3n) is 4.73. The highest BCUT2D eigenvalue weighted by Crippen LogP contribution is 2.28. The van der Waals surface area contributed by atoms with Gasteiger partial charge < -0.3 is 19.9 Å². The van der Waals surface area contributed by atoms with Gasteiger partial charge in [-0.25, -0.2) is 4.79 Å². The fourth-order valence-electron chi connectivity index (χ4n) is 3.31. The highest BCUT2D eigenvalue weighted by Gasteiger charge is 2.23. The van der Waals surface area contributed by atoms with E-state index in [1.165, 1.54) is 0 Å². The van der Waals surface area contributed by atoms with Crippen LogP contribution >= 0.6 is 0 Å². The van der Waals surface area contributed by atoms with E-state index < -0.39 is 0 Å². The van der Waals surface area contributed by atoms with Gasteiger partial charge in [0.1, 0.15) is 5.75 Å². The third kappa shape index (κ3) is 5.15. The normalized spacial score (nSPS) is 15.5. The van der Waals surface area contributed by atoms with Gasteiger partial charge >= 0.3 is 6.03 Å². The molecule has 7 nitrogen and oxygen atoms in total. The van der Waals surface area contributed by atoms with Crippen molar-refractivity contribution < 1.29 is 9.53 Å². The number of urea groups is 1. The summed E-state index contributed by atoms with van der Waals surface area (Å²) < 4.78 is 7.63. The molecule has 1 aliphatic heterocycles. The van der Waals surface area contributed by atoms with Crippen molar-refractivity contribution in [2.45, 2.75) is 20.4 Å². The van der Waals surface area contributed by atoms with Gasteiger partial charge in [-0.1, -0.05) is 19.1 Å². The van der Waals surface area contributed by atoms with Crippen LogP contribution in [0.2, 0.25) is 0 Å². The molecule has 0 aliphatic carbocycles. The van der Waals surface area contributed by atoms with Crippen LogP contribution in [0, 0.1) is 5.92 Å². The van der Waals surface area contributed by atoms with E-state index in [1.54, 1.807) is 6.20 Å². The summed E-state index contributed by atoms with van der Waals surface area (Å²) in [7, 11) is 0. The van der Waals surface area contributed by atoms with Crippen molar-refractivity contribution in [3.63, 3.8) is 0 Å². The zero-order valence-electron chi connectivity index (χ0n) is 16.2. The molecular formula is C20H29N5O2. The predicted octanol–water partition coefficient (Wildman–Crippen LogP) is 2.45. The number of hydrogen-bond acceptors (Lipinski definition) is 4. The van der Waals surface area contributed by atoms with Gasteiger partial charge in [0.2, 0.25) is 0 Å². The lowest BCUT2D eigenvalue weighted by Gasteiger charge is -2.36. The van der Waals surface area contributed by atoms with E-state index in [2.05, 4.69) is 28.3 Å². The largest absolute Gasteiger partial charge is 0.492 e. The first-order valence-electron chi connectivity index (χ1n) is 9.64. The molecule has 1 aromatic heterocycles. The predicted molar refractivity (Wildman–Crippen MR) is 106 cm³/mol. The number of rotatable bonds is 7. The molecule has 27 heavy (non-hydrogen) atoms. The molecule has 3 rings (SSSR count). The number of ether oxygens (including phenoxy) is 1. The Bertz CT molecular complexity index is 711. The number of hydrogen-bond donors (Lipinski definition) is 1. The van der Waals surface area contributed by atoms with E-state index >= 15 is 0 Å².